The van der Waals surface area contributed by atoms with E-state index in [2.05, 4.69) is 44.1 Å². The summed E-state index contributed by atoms with van der Waals surface area (Å²) in [6, 6.07) is 5.39. The minimum Gasteiger partial charge on any atom is -0.415 e. The molecule has 0 atom stereocenters. The molecule has 0 aliphatic carbocycles. The van der Waals surface area contributed by atoms with Crippen molar-refractivity contribution in [1.29, 1.82) is 0 Å². The molecule has 0 unspecified atom stereocenters. The fraction of sp³-hybridized carbons (Fsp3) is 0.471. The van der Waals surface area contributed by atoms with Gasteiger partial charge in [-0.05, 0) is 35.8 Å². The highest BCUT2D eigenvalue weighted by atomic mass is 28.4. The van der Waals surface area contributed by atoms with E-state index in [1.807, 2.05) is 18.3 Å². The summed E-state index contributed by atoms with van der Waals surface area (Å²) in [7, 11) is -1.77. The van der Waals surface area contributed by atoms with Gasteiger partial charge in [0.25, 0.3) is 5.56 Å². The lowest BCUT2D eigenvalue weighted by atomic mass is 10.1. The van der Waals surface area contributed by atoms with Gasteiger partial charge >= 0.3 is 0 Å². The van der Waals surface area contributed by atoms with Gasteiger partial charge in [-0.2, -0.15) is 10.2 Å². The number of hydrogen-bond donors (Lipinski definition) is 0. The minimum absolute atomic E-state index is 0.0295. The second kappa shape index (κ2) is 6.76. The topological polar surface area (TPSA) is 57.0 Å². The van der Waals surface area contributed by atoms with Gasteiger partial charge in [0.15, 0.2) is 8.32 Å². The van der Waals surface area contributed by atoms with Crippen molar-refractivity contribution in [3.05, 3.63) is 47.1 Å². The van der Waals surface area contributed by atoms with Crippen LogP contribution in [0, 0.1) is 0 Å². The summed E-state index contributed by atoms with van der Waals surface area (Å²) in [4.78, 5) is 12.2. The smallest absolute Gasteiger partial charge is 0.251 e. The number of pyridine rings is 1. The third-order valence-electron chi connectivity index (χ3n) is 4.51. The van der Waals surface area contributed by atoms with Crippen LogP contribution in [-0.2, 0) is 11.0 Å². The summed E-state index contributed by atoms with van der Waals surface area (Å²) in [6.07, 6.45) is 5.08. The fourth-order valence-corrected chi connectivity index (χ4v) is 2.98. The highest BCUT2D eigenvalue weighted by Gasteiger charge is 2.36. The Bertz CT molecular complexity index is 706. The second-order valence-electron chi connectivity index (χ2n) is 7.19. The molecule has 2 rings (SSSR count). The summed E-state index contributed by atoms with van der Waals surface area (Å²) < 4.78 is 7.81. The van der Waals surface area contributed by atoms with Crippen LogP contribution < -0.4 is 5.56 Å². The fourth-order valence-electron chi connectivity index (χ4n) is 1.95. The van der Waals surface area contributed by atoms with Gasteiger partial charge in [0.2, 0.25) is 0 Å². The Labute approximate surface area is 138 Å². The van der Waals surface area contributed by atoms with Crippen LogP contribution in [0.2, 0.25) is 18.1 Å². The van der Waals surface area contributed by atoms with E-state index in [0.717, 1.165) is 11.1 Å². The summed E-state index contributed by atoms with van der Waals surface area (Å²) in [5, 5.41) is 7.76. The molecule has 5 nitrogen and oxygen atoms in total. The summed E-state index contributed by atoms with van der Waals surface area (Å²) >= 11 is 0. The van der Waals surface area contributed by atoms with Gasteiger partial charge in [0.1, 0.15) is 0 Å². The van der Waals surface area contributed by atoms with Crippen molar-refractivity contribution >= 4 is 8.32 Å². The van der Waals surface area contributed by atoms with Crippen molar-refractivity contribution in [3.63, 3.8) is 0 Å². The lowest BCUT2D eigenvalue weighted by Crippen LogP contribution is -2.41. The number of rotatable bonds is 5. The normalized spacial score (nSPS) is 12.4. The Morgan fingerprint density at radius 3 is 2.48 bits per heavy atom. The molecular weight excluding hydrogens is 306 g/mol. The lowest BCUT2D eigenvalue weighted by molar-refractivity contribution is 0.270. The van der Waals surface area contributed by atoms with E-state index >= 15 is 0 Å². The standard InChI is InChI=1S/C17H25N3O2Si/c1-17(2,3)23(4,5)22-11-10-20-9-7-14(12-16(20)21)15-6-8-18-19-13-15/h6-9,12-13H,10-11H2,1-5H3. The quantitative estimate of drug-likeness (QED) is 0.789. The highest BCUT2D eigenvalue weighted by molar-refractivity contribution is 6.74. The Balaban J connectivity index is 2.04. The maximum absolute atomic E-state index is 12.2. The molecule has 0 saturated carbocycles. The number of hydrogen-bond acceptors (Lipinski definition) is 4. The van der Waals surface area contributed by atoms with E-state index in [1.165, 1.54) is 0 Å². The monoisotopic (exact) mass is 331 g/mol. The van der Waals surface area contributed by atoms with E-state index in [-0.39, 0.29) is 10.6 Å². The average molecular weight is 331 g/mol. The Morgan fingerprint density at radius 2 is 1.91 bits per heavy atom. The molecular formula is C17H25N3O2Si. The van der Waals surface area contributed by atoms with Gasteiger partial charge in [-0.25, -0.2) is 0 Å². The summed E-state index contributed by atoms with van der Waals surface area (Å²) in [5.74, 6) is 0. The van der Waals surface area contributed by atoms with E-state index in [0.29, 0.717) is 13.2 Å². The van der Waals surface area contributed by atoms with Crippen LogP contribution in [0.1, 0.15) is 20.8 Å². The molecule has 0 aromatic carbocycles. The molecule has 6 heteroatoms. The molecule has 0 N–H and O–H groups in total. The zero-order chi connectivity index (χ0) is 17.1. The van der Waals surface area contributed by atoms with Crippen LogP contribution in [-0.4, -0.2) is 29.7 Å². The van der Waals surface area contributed by atoms with Crippen molar-refractivity contribution in [1.82, 2.24) is 14.8 Å². The molecule has 0 saturated heterocycles. The van der Waals surface area contributed by atoms with Crippen molar-refractivity contribution < 1.29 is 4.43 Å². The predicted octanol–water partition coefficient (Wildman–Crippen LogP) is 3.33. The molecule has 0 radical (unpaired) electrons. The van der Waals surface area contributed by atoms with Gasteiger partial charge in [-0.1, -0.05) is 20.8 Å². The van der Waals surface area contributed by atoms with Crippen LogP contribution in [0.5, 0.6) is 0 Å². The zero-order valence-corrected chi connectivity index (χ0v) is 15.5. The highest BCUT2D eigenvalue weighted by Crippen LogP contribution is 2.36. The van der Waals surface area contributed by atoms with Crippen molar-refractivity contribution in [3.8, 4) is 11.1 Å². The molecule has 23 heavy (non-hydrogen) atoms. The number of aromatic nitrogens is 3. The predicted molar refractivity (Wildman–Crippen MR) is 94.9 cm³/mol. The maximum atomic E-state index is 12.2. The third-order valence-corrected chi connectivity index (χ3v) is 9.05. The Kier molecular flexibility index (Phi) is 5.16. The van der Waals surface area contributed by atoms with Gasteiger partial charge in [0, 0.05) is 24.4 Å². The van der Waals surface area contributed by atoms with Gasteiger partial charge in [0.05, 0.1) is 19.0 Å². The Hall–Kier alpha value is -1.79. The molecule has 0 spiro atoms. The molecule has 2 aromatic heterocycles. The average Bonchev–Trinajstić information content (AvgIpc) is 2.48. The first kappa shape index (κ1) is 17.6. The van der Waals surface area contributed by atoms with Crippen LogP contribution in [0.15, 0.2) is 41.6 Å². The summed E-state index contributed by atoms with van der Waals surface area (Å²) in [6.45, 7) is 12.2. The number of nitrogens with zero attached hydrogens (tertiary/aromatic N) is 3. The van der Waals surface area contributed by atoms with Crippen molar-refractivity contribution in [2.45, 2.75) is 45.4 Å². The molecule has 2 heterocycles. The molecule has 0 aliphatic heterocycles. The van der Waals surface area contributed by atoms with Gasteiger partial charge < -0.3 is 8.99 Å². The van der Waals surface area contributed by atoms with Gasteiger partial charge in [-0.3, -0.25) is 4.79 Å². The molecule has 0 bridgehead atoms. The van der Waals surface area contributed by atoms with Crippen LogP contribution in [0.25, 0.3) is 11.1 Å². The van der Waals surface area contributed by atoms with E-state index < -0.39 is 8.32 Å². The van der Waals surface area contributed by atoms with Crippen LogP contribution in [0.3, 0.4) is 0 Å². The lowest BCUT2D eigenvalue weighted by Gasteiger charge is -2.36. The molecule has 124 valence electrons. The van der Waals surface area contributed by atoms with E-state index in [1.54, 1.807) is 23.0 Å². The van der Waals surface area contributed by atoms with Gasteiger partial charge in [-0.15, -0.1) is 0 Å². The Morgan fingerprint density at radius 1 is 1.17 bits per heavy atom. The minimum atomic E-state index is -1.77. The third kappa shape index (κ3) is 4.36. The maximum Gasteiger partial charge on any atom is 0.251 e. The molecule has 0 aliphatic rings. The zero-order valence-electron chi connectivity index (χ0n) is 14.5. The molecule has 0 amide bonds. The van der Waals surface area contributed by atoms with Crippen LogP contribution >= 0.6 is 0 Å². The first-order valence-corrected chi connectivity index (χ1v) is 10.7. The largest absolute Gasteiger partial charge is 0.415 e. The SMILES string of the molecule is CC(C)(C)[Si](C)(C)OCCn1ccc(-c2ccnnc2)cc1=O. The second-order valence-corrected chi connectivity index (χ2v) is 12.0. The molecule has 2 aromatic rings. The molecule has 0 fully saturated rings. The first-order chi connectivity index (χ1) is 10.7. The van der Waals surface area contributed by atoms with E-state index in [9.17, 15) is 4.79 Å². The van der Waals surface area contributed by atoms with Crippen molar-refractivity contribution in [2.24, 2.45) is 0 Å². The van der Waals surface area contributed by atoms with Crippen LogP contribution in [0.4, 0.5) is 0 Å². The first-order valence-electron chi connectivity index (χ1n) is 7.82. The van der Waals surface area contributed by atoms with Crippen molar-refractivity contribution in [2.75, 3.05) is 6.61 Å². The van der Waals surface area contributed by atoms with E-state index in [4.69, 9.17) is 4.43 Å². The summed E-state index contributed by atoms with van der Waals surface area (Å²) in [5.41, 5.74) is 1.71.